The van der Waals surface area contributed by atoms with Crippen LogP contribution in [0.2, 0.25) is 0 Å². The zero-order chi connectivity index (χ0) is 17.8. The average molecular weight is 328 g/mol. The molecular weight excluding hydrogens is 300 g/mol. The number of aryl methyl sites for hydroxylation is 6. The summed E-state index contributed by atoms with van der Waals surface area (Å²) in [7, 11) is 0. The summed E-state index contributed by atoms with van der Waals surface area (Å²) < 4.78 is 0. The second-order valence-electron chi connectivity index (χ2n) is 7.12. The van der Waals surface area contributed by atoms with Gasteiger partial charge in [-0.1, -0.05) is 73.2 Å². The molecule has 0 fully saturated rings. The highest BCUT2D eigenvalue weighted by Gasteiger charge is 2.06. The monoisotopic (exact) mass is 328 g/mol. The van der Waals surface area contributed by atoms with Gasteiger partial charge in [-0.3, -0.25) is 0 Å². The van der Waals surface area contributed by atoms with E-state index < -0.39 is 0 Å². The minimum absolute atomic E-state index is 1.09. The first kappa shape index (κ1) is 17.5. The van der Waals surface area contributed by atoms with Gasteiger partial charge in [0.2, 0.25) is 0 Å². The Morgan fingerprint density at radius 1 is 0.600 bits per heavy atom. The zero-order valence-corrected chi connectivity index (χ0v) is 15.9. The maximum atomic E-state index is 2.38. The van der Waals surface area contributed by atoms with Crippen molar-refractivity contribution in [2.45, 2.75) is 47.0 Å². The number of hydrogen-bond acceptors (Lipinski definition) is 0. The zero-order valence-electron chi connectivity index (χ0n) is 15.9. The minimum atomic E-state index is 1.09. The van der Waals surface area contributed by atoms with Crippen molar-refractivity contribution in [2.24, 2.45) is 0 Å². The van der Waals surface area contributed by atoms with Crippen LogP contribution in [0.4, 0.5) is 0 Å². The van der Waals surface area contributed by atoms with E-state index in [2.05, 4.69) is 88.4 Å². The van der Waals surface area contributed by atoms with Crippen LogP contribution in [-0.2, 0) is 19.3 Å². The first-order valence-electron chi connectivity index (χ1n) is 9.32. The van der Waals surface area contributed by atoms with Crippen molar-refractivity contribution >= 4 is 0 Å². The van der Waals surface area contributed by atoms with Gasteiger partial charge >= 0.3 is 0 Å². The molecule has 0 heteroatoms. The lowest BCUT2D eigenvalue weighted by atomic mass is 9.93. The second kappa shape index (κ2) is 7.70. The summed E-state index contributed by atoms with van der Waals surface area (Å²) in [4.78, 5) is 0. The largest absolute Gasteiger partial charge is 0.0613 e. The summed E-state index contributed by atoms with van der Waals surface area (Å²) in [5.74, 6) is 0. The van der Waals surface area contributed by atoms with E-state index in [-0.39, 0.29) is 0 Å². The fourth-order valence-electron chi connectivity index (χ4n) is 3.33. The molecule has 0 bridgehead atoms. The summed E-state index contributed by atoms with van der Waals surface area (Å²) in [6.07, 6.45) is 3.30. The maximum absolute atomic E-state index is 2.38. The van der Waals surface area contributed by atoms with E-state index in [1.165, 1.54) is 44.5 Å². The smallest absolute Gasteiger partial charge is 0.0181 e. The second-order valence-corrected chi connectivity index (χ2v) is 7.12. The van der Waals surface area contributed by atoms with Gasteiger partial charge in [-0.25, -0.2) is 0 Å². The quantitative estimate of drug-likeness (QED) is 0.493. The number of benzene rings is 3. The third kappa shape index (κ3) is 4.20. The standard InChI is InChI=1S/C25H28/c1-5-22-17-25(24-12-8-19(3)20(4)16-24)15-14-23(22)13-11-21-9-6-18(2)7-10-21/h6-10,12,14-17H,5,11,13H2,1-4H3. The highest BCUT2D eigenvalue weighted by Crippen LogP contribution is 2.26. The van der Waals surface area contributed by atoms with Gasteiger partial charge in [0, 0.05) is 0 Å². The van der Waals surface area contributed by atoms with Crippen LogP contribution in [0.1, 0.15) is 40.3 Å². The lowest BCUT2D eigenvalue weighted by Crippen LogP contribution is -1.97. The maximum Gasteiger partial charge on any atom is -0.0181 e. The molecule has 3 aromatic rings. The molecule has 3 aromatic carbocycles. The van der Waals surface area contributed by atoms with Crippen LogP contribution in [-0.4, -0.2) is 0 Å². The summed E-state index contributed by atoms with van der Waals surface area (Å²) in [5, 5.41) is 0. The van der Waals surface area contributed by atoms with Gasteiger partial charge in [0.25, 0.3) is 0 Å². The lowest BCUT2D eigenvalue weighted by molar-refractivity contribution is 0.930. The molecular formula is C25H28. The van der Waals surface area contributed by atoms with Gasteiger partial charge in [-0.2, -0.15) is 0 Å². The normalized spacial score (nSPS) is 10.9. The van der Waals surface area contributed by atoms with Crippen molar-refractivity contribution in [2.75, 3.05) is 0 Å². The fourth-order valence-corrected chi connectivity index (χ4v) is 3.33. The molecule has 0 heterocycles. The van der Waals surface area contributed by atoms with Crippen LogP contribution >= 0.6 is 0 Å². The molecule has 0 unspecified atom stereocenters. The van der Waals surface area contributed by atoms with Gasteiger partial charge in [0.05, 0.1) is 0 Å². The van der Waals surface area contributed by atoms with E-state index in [0.717, 1.165) is 19.3 Å². The number of hydrogen-bond donors (Lipinski definition) is 0. The molecule has 0 spiro atoms. The van der Waals surface area contributed by atoms with E-state index >= 15 is 0 Å². The van der Waals surface area contributed by atoms with E-state index in [1.807, 2.05) is 0 Å². The van der Waals surface area contributed by atoms with Crippen molar-refractivity contribution in [1.29, 1.82) is 0 Å². The van der Waals surface area contributed by atoms with Gasteiger partial charge in [0.15, 0.2) is 0 Å². The van der Waals surface area contributed by atoms with E-state index in [1.54, 1.807) is 0 Å². The molecule has 0 atom stereocenters. The van der Waals surface area contributed by atoms with Crippen LogP contribution in [0.3, 0.4) is 0 Å². The first-order valence-corrected chi connectivity index (χ1v) is 9.32. The van der Waals surface area contributed by atoms with Crippen LogP contribution in [0.25, 0.3) is 11.1 Å². The fraction of sp³-hybridized carbons (Fsp3) is 0.280. The van der Waals surface area contributed by atoms with Crippen LogP contribution in [0.5, 0.6) is 0 Å². The molecule has 0 amide bonds. The Labute approximate surface area is 152 Å². The van der Waals surface area contributed by atoms with Gasteiger partial charge < -0.3 is 0 Å². The van der Waals surface area contributed by atoms with Crippen LogP contribution in [0.15, 0.2) is 60.7 Å². The van der Waals surface area contributed by atoms with Crippen molar-refractivity contribution in [3.05, 3.63) is 94.0 Å². The van der Waals surface area contributed by atoms with E-state index in [9.17, 15) is 0 Å². The molecule has 128 valence electrons. The Kier molecular flexibility index (Phi) is 5.38. The topological polar surface area (TPSA) is 0 Å². The van der Waals surface area contributed by atoms with Crippen LogP contribution < -0.4 is 0 Å². The molecule has 25 heavy (non-hydrogen) atoms. The molecule has 0 aliphatic rings. The highest BCUT2D eigenvalue weighted by atomic mass is 14.1. The Morgan fingerprint density at radius 3 is 1.96 bits per heavy atom. The molecule has 0 aliphatic carbocycles. The van der Waals surface area contributed by atoms with Gasteiger partial charge in [-0.05, 0) is 79.0 Å². The van der Waals surface area contributed by atoms with Gasteiger partial charge in [-0.15, -0.1) is 0 Å². The highest BCUT2D eigenvalue weighted by molar-refractivity contribution is 5.66. The van der Waals surface area contributed by atoms with Crippen molar-refractivity contribution in [3.8, 4) is 11.1 Å². The Morgan fingerprint density at radius 2 is 1.28 bits per heavy atom. The summed E-state index contributed by atoms with van der Waals surface area (Å²) in [6, 6.07) is 22.7. The first-order chi connectivity index (χ1) is 12.1. The summed E-state index contributed by atoms with van der Waals surface area (Å²) in [5.41, 5.74) is 11.1. The SMILES string of the molecule is CCc1cc(-c2ccc(C)c(C)c2)ccc1CCc1ccc(C)cc1. The predicted molar refractivity (Wildman–Crippen MR) is 109 cm³/mol. The minimum Gasteiger partial charge on any atom is -0.0613 e. The Bertz CT molecular complexity index is 854. The summed E-state index contributed by atoms with van der Waals surface area (Å²) in [6.45, 7) is 8.76. The van der Waals surface area contributed by atoms with Crippen molar-refractivity contribution in [3.63, 3.8) is 0 Å². The third-order valence-corrected chi connectivity index (χ3v) is 5.23. The Hall–Kier alpha value is -2.34. The average Bonchev–Trinajstić information content (AvgIpc) is 2.63. The molecule has 0 saturated carbocycles. The molecule has 0 radical (unpaired) electrons. The summed E-state index contributed by atoms with van der Waals surface area (Å²) >= 11 is 0. The van der Waals surface area contributed by atoms with E-state index in [0.29, 0.717) is 0 Å². The number of rotatable bonds is 5. The third-order valence-electron chi connectivity index (χ3n) is 5.23. The van der Waals surface area contributed by atoms with E-state index in [4.69, 9.17) is 0 Å². The molecule has 3 rings (SSSR count). The van der Waals surface area contributed by atoms with Crippen molar-refractivity contribution in [1.82, 2.24) is 0 Å². The lowest BCUT2D eigenvalue weighted by Gasteiger charge is -2.12. The molecule has 0 aromatic heterocycles. The van der Waals surface area contributed by atoms with Crippen molar-refractivity contribution < 1.29 is 0 Å². The Balaban J connectivity index is 1.81. The predicted octanol–water partition coefficient (Wildman–Crippen LogP) is 6.63. The molecule has 0 nitrogen and oxygen atoms in total. The van der Waals surface area contributed by atoms with Gasteiger partial charge in [0.1, 0.15) is 0 Å². The molecule has 0 N–H and O–H groups in total. The molecule has 0 aliphatic heterocycles. The van der Waals surface area contributed by atoms with Crippen LogP contribution in [0, 0.1) is 20.8 Å². The molecule has 0 saturated heterocycles.